The molecule has 0 fully saturated rings. The number of rotatable bonds is 6. The maximum Gasteiger partial charge on any atom is 0.0883 e. The van der Waals surface area contributed by atoms with Crippen molar-refractivity contribution in [1.82, 2.24) is 0 Å². The van der Waals surface area contributed by atoms with E-state index in [1.807, 2.05) is 6.07 Å². The van der Waals surface area contributed by atoms with E-state index in [4.69, 9.17) is 0 Å². The van der Waals surface area contributed by atoms with Crippen LogP contribution in [0.2, 0.25) is 18.6 Å². The van der Waals surface area contributed by atoms with Crippen molar-refractivity contribution in [2.45, 2.75) is 25.1 Å². The Kier molecular flexibility index (Phi) is 5.77. The Morgan fingerprint density at radius 1 is 1.00 bits per heavy atom. The Morgan fingerprint density at radius 3 is 2.18 bits per heavy atom. The lowest BCUT2D eigenvalue weighted by Crippen LogP contribution is -2.45. The molecule has 0 heterocycles. The minimum atomic E-state index is -1.58. The lowest BCUT2D eigenvalue weighted by Gasteiger charge is -2.30. The average Bonchev–Trinajstić information content (AvgIpc) is 2.56. The molecule has 1 atom stereocenters. The number of benzene rings is 2. The zero-order valence-corrected chi connectivity index (χ0v) is 14.5. The summed E-state index contributed by atoms with van der Waals surface area (Å²) in [5.41, 5.74) is 4.78. The standard InChI is InChI=1S/C21H24Si/c1-4-12-20(18-11-15-19-13-7-5-8-14-19)22(2,3)21-16-9-6-10-17-21/h5-17,20H,1,18H2,2-3H3/b15-11+. The van der Waals surface area contributed by atoms with Crippen molar-refractivity contribution in [2.75, 3.05) is 0 Å². The molecule has 0 bridgehead atoms. The third-order valence-corrected chi connectivity index (χ3v) is 8.34. The first-order chi connectivity index (χ1) is 10.6. The smallest absolute Gasteiger partial charge is 0.0883 e. The molecule has 0 aromatic heterocycles. The summed E-state index contributed by atoms with van der Waals surface area (Å²) in [6, 6.07) is 21.3. The third-order valence-electron chi connectivity index (χ3n) is 4.26. The van der Waals surface area contributed by atoms with Crippen LogP contribution in [-0.2, 0) is 0 Å². The van der Waals surface area contributed by atoms with E-state index in [2.05, 4.69) is 98.2 Å². The predicted octanol–water partition coefficient (Wildman–Crippen LogP) is 5.42. The van der Waals surface area contributed by atoms with E-state index in [1.165, 1.54) is 10.8 Å². The Bertz CT molecular complexity index is 647. The molecule has 112 valence electrons. The summed E-state index contributed by atoms with van der Waals surface area (Å²) in [5.74, 6) is 0. The molecular formula is C21H24Si. The lowest BCUT2D eigenvalue weighted by atomic mass is 10.2. The topological polar surface area (TPSA) is 0 Å². The van der Waals surface area contributed by atoms with Crippen LogP contribution in [0.4, 0.5) is 0 Å². The van der Waals surface area contributed by atoms with Crippen molar-refractivity contribution in [3.05, 3.63) is 90.7 Å². The van der Waals surface area contributed by atoms with Crippen molar-refractivity contribution < 1.29 is 0 Å². The largest absolute Gasteiger partial charge is 0.133 e. The Hall–Kier alpha value is -2.08. The van der Waals surface area contributed by atoms with Crippen LogP contribution in [0.5, 0.6) is 0 Å². The fourth-order valence-electron chi connectivity index (χ4n) is 2.71. The van der Waals surface area contributed by atoms with Crippen LogP contribution in [0, 0.1) is 0 Å². The second kappa shape index (κ2) is 7.79. The van der Waals surface area contributed by atoms with Crippen LogP contribution < -0.4 is 5.19 Å². The maximum absolute atomic E-state index is 3.79. The molecule has 1 unspecified atom stereocenters. The normalized spacial score (nSPS) is 12.8. The van der Waals surface area contributed by atoms with E-state index >= 15 is 0 Å². The molecule has 1 heteroatoms. The first kappa shape index (κ1) is 16.3. The van der Waals surface area contributed by atoms with Gasteiger partial charge in [-0.2, -0.15) is 0 Å². The molecule has 0 nitrogen and oxygen atoms in total. The predicted molar refractivity (Wildman–Crippen MR) is 101 cm³/mol. The van der Waals surface area contributed by atoms with Gasteiger partial charge in [-0.25, -0.2) is 0 Å². The molecule has 0 spiro atoms. The highest BCUT2D eigenvalue weighted by Gasteiger charge is 2.30. The first-order valence-electron chi connectivity index (χ1n) is 7.77. The van der Waals surface area contributed by atoms with E-state index in [9.17, 15) is 0 Å². The molecule has 0 saturated heterocycles. The SMILES string of the molecule is C=C=CC(C/C=C/c1ccccc1)[Si](C)(C)c1ccccc1. The second-order valence-electron chi connectivity index (χ2n) is 6.11. The summed E-state index contributed by atoms with van der Waals surface area (Å²) < 4.78 is 0. The van der Waals surface area contributed by atoms with Gasteiger partial charge in [-0.3, -0.25) is 0 Å². The highest BCUT2D eigenvalue weighted by atomic mass is 28.3. The molecular weight excluding hydrogens is 280 g/mol. The van der Waals surface area contributed by atoms with E-state index in [0.717, 1.165) is 6.42 Å². The monoisotopic (exact) mass is 304 g/mol. The van der Waals surface area contributed by atoms with Gasteiger partial charge in [0, 0.05) is 0 Å². The summed E-state index contributed by atoms with van der Waals surface area (Å²) in [6.45, 7) is 8.65. The first-order valence-corrected chi connectivity index (χ1v) is 10.9. The fourth-order valence-corrected chi connectivity index (χ4v) is 5.45. The summed E-state index contributed by atoms with van der Waals surface area (Å²) in [4.78, 5) is 0. The van der Waals surface area contributed by atoms with Crippen LogP contribution >= 0.6 is 0 Å². The highest BCUT2D eigenvalue weighted by molar-refractivity contribution is 6.91. The van der Waals surface area contributed by atoms with Gasteiger partial charge in [0.15, 0.2) is 0 Å². The fraction of sp³-hybridized carbons (Fsp3) is 0.190. The summed E-state index contributed by atoms with van der Waals surface area (Å²) in [5, 5.41) is 1.49. The van der Waals surface area contributed by atoms with Gasteiger partial charge in [-0.1, -0.05) is 97.7 Å². The zero-order chi connectivity index (χ0) is 15.8. The van der Waals surface area contributed by atoms with Crippen molar-refractivity contribution in [1.29, 1.82) is 0 Å². The molecule has 0 aliphatic rings. The van der Waals surface area contributed by atoms with Gasteiger partial charge in [-0.05, 0) is 23.6 Å². The van der Waals surface area contributed by atoms with Crippen LogP contribution in [0.25, 0.3) is 6.08 Å². The quantitative estimate of drug-likeness (QED) is 0.494. The minimum Gasteiger partial charge on any atom is -0.133 e. The molecule has 0 amide bonds. The van der Waals surface area contributed by atoms with Crippen molar-refractivity contribution >= 4 is 19.3 Å². The number of allylic oxidation sites excluding steroid dienone is 2. The molecule has 0 aliphatic heterocycles. The van der Waals surface area contributed by atoms with Crippen LogP contribution in [0.3, 0.4) is 0 Å². The summed E-state index contributed by atoms with van der Waals surface area (Å²) in [7, 11) is -1.58. The van der Waals surface area contributed by atoms with Crippen molar-refractivity contribution in [3.63, 3.8) is 0 Å². The molecule has 0 N–H and O–H groups in total. The van der Waals surface area contributed by atoms with E-state index < -0.39 is 8.07 Å². The van der Waals surface area contributed by atoms with Crippen LogP contribution in [-0.4, -0.2) is 8.07 Å². The Labute approximate surface area is 135 Å². The van der Waals surface area contributed by atoms with E-state index in [0.29, 0.717) is 5.54 Å². The molecule has 2 aromatic rings. The Morgan fingerprint density at radius 2 is 1.59 bits per heavy atom. The van der Waals surface area contributed by atoms with Gasteiger partial charge < -0.3 is 0 Å². The van der Waals surface area contributed by atoms with Gasteiger partial charge in [0.1, 0.15) is 0 Å². The molecule has 0 saturated carbocycles. The molecule has 2 aromatic carbocycles. The molecule has 22 heavy (non-hydrogen) atoms. The second-order valence-corrected chi connectivity index (χ2v) is 10.9. The third kappa shape index (κ3) is 4.21. The van der Waals surface area contributed by atoms with Gasteiger partial charge in [-0.15, -0.1) is 5.73 Å². The van der Waals surface area contributed by atoms with Crippen molar-refractivity contribution in [3.8, 4) is 0 Å². The van der Waals surface area contributed by atoms with Crippen molar-refractivity contribution in [2.24, 2.45) is 0 Å². The van der Waals surface area contributed by atoms with Gasteiger partial charge in [0.2, 0.25) is 0 Å². The summed E-state index contributed by atoms with van der Waals surface area (Å²) in [6.07, 6.45) is 7.69. The van der Waals surface area contributed by atoms with E-state index in [1.54, 1.807) is 0 Å². The number of hydrogen-bond acceptors (Lipinski definition) is 0. The maximum atomic E-state index is 3.79. The average molecular weight is 305 g/mol. The highest BCUT2D eigenvalue weighted by Crippen LogP contribution is 2.27. The Balaban J connectivity index is 2.16. The van der Waals surface area contributed by atoms with Crippen LogP contribution in [0.15, 0.2) is 85.1 Å². The zero-order valence-electron chi connectivity index (χ0n) is 13.5. The van der Waals surface area contributed by atoms with E-state index in [-0.39, 0.29) is 0 Å². The van der Waals surface area contributed by atoms with Gasteiger partial charge in [0.05, 0.1) is 8.07 Å². The molecule has 0 aliphatic carbocycles. The van der Waals surface area contributed by atoms with Crippen LogP contribution in [0.1, 0.15) is 12.0 Å². The molecule has 2 rings (SSSR count). The summed E-state index contributed by atoms with van der Waals surface area (Å²) >= 11 is 0. The number of hydrogen-bond donors (Lipinski definition) is 0. The minimum absolute atomic E-state index is 0.507. The van der Waals surface area contributed by atoms with Gasteiger partial charge in [0.25, 0.3) is 0 Å². The lowest BCUT2D eigenvalue weighted by molar-refractivity contribution is 1.00. The molecule has 0 radical (unpaired) electrons. The van der Waals surface area contributed by atoms with Gasteiger partial charge >= 0.3 is 0 Å².